The summed E-state index contributed by atoms with van der Waals surface area (Å²) in [7, 11) is 0. The van der Waals surface area contributed by atoms with Gasteiger partial charge in [-0.05, 0) is 30.9 Å². The molecule has 32 heavy (non-hydrogen) atoms. The fourth-order valence-electron chi connectivity index (χ4n) is 5.18. The third kappa shape index (κ3) is 3.44. The molecule has 170 valence electrons. The van der Waals surface area contributed by atoms with Crippen LogP contribution in [0.2, 0.25) is 0 Å². The number of carbonyl (C=O) groups is 2. The minimum Gasteiger partial charge on any atom is -0.396 e. The van der Waals surface area contributed by atoms with E-state index in [2.05, 4.69) is 4.68 Å². The van der Waals surface area contributed by atoms with Gasteiger partial charge in [0.1, 0.15) is 12.1 Å². The quantitative estimate of drug-likeness (QED) is 0.582. The highest BCUT2D eigenvalue weighted by atomic mass is 19.1. The molecular weight excluding hydrogens is 413 g/mol. The molecule has 3 aliphatic heterocycles. The maximum Gasteiger partial charge on any atom is 0.219 e. The summed E-state index contributed by atoms with van der Waals surface area (Å²) in [4.78, 5) is 27.6. The van der Waals surface area contributed by atoms with Crippen molar-refractivity contribution < 1.29 is 18.7 Å². The van der Waals surface area contributed by atoms with Crippen LogP contribution < -0.4 is 10.6 Å². The molecule has 1 unspecified atom stereocenters. The SMILES string of the molecule is CC(=O)N1CCc2c(c(N3CCC(C=O)c4cc(N)c(F)cc43)nn2C2CCOCC2)C1. The topological polar surface area (TPSA) is 93.7 Å². The number of ether oxygens (including phenoxy) is 1. The first kappa shape index (κ1) is 20.9. The lowest BCUT2D eigenvalue weighted by Gasteiger charge is -2.34. The summed E-state index contributed by atoms with van der Waals surface area (Å²) >= 11 is 0. The number of nitrogens with zero attached hydrogens (tertiary/aromatic N) is 4. The summed E-state index contributed by atoms with van der Waals surface area (Å²) in [5.74, 6) is -0.0684. The zero-order valence-corrected chi connectivity index (χ0v) is 18.2. The van der Waals surface area contributed by atoms with Crippen LogP contribution in [0.15, 0.2) is 12.1 Å². The molecule has 1 saturated heterocycles. The maximum atomic E-state index is 14.5. The zero-order chi connectivity index (χ0) is 22.4. The number of carbonyl (C=O) groups excluding carboxylic acids is 2. The molecule has 0 aliphatic carbocycles. The van der Waals surface area contributed by atoms with Gasteiger partial charge in [-0.1, -0.05) is 0 Å². The second kappa shape index (κ2) is 8.20. The number of rotatable bonds is 3. The van der Waals surface area contributed by atoms with Crippen molar-refractivity contribution in [2.24, 2.45) is 0 Å². The number of aldehydes is 1. The maximum absolute atomic E-state index is 14.5. The Balaban J connectivity index is 1.63. The van der Waals surface area contributed by atoms with E-state index in [0.717, 1.165) is 48.2 Å². The van der Waals surface area contributed by atoms with E-state index in [9.17, 15) is 14.0 Å². The minimum absolute atomic E-state index is 0.0271. The van der Waals surface area contributed by atoms with Crippen molar-refractivity contribution in [3.8, 4) is 0 Å². The first-order valence-corrected chi connectivity index (χ1v) is 11.2. The van der Waals surface area contributed by atoms with Crippen molar-refractivity contribution >= 4 is 29.4 Å². The number of halogens is 1. The normalized spacial score (nSPS) is 21.2. The zero-order valence-electron chi connectivity index (χ0n) is 18.2. The molecule has 1 aromatic carbocycles. The highest BCUT2D eigenvalue weighted by molar-refractivity contribution is 5.78. The number of hydrogen-bond donors (Lipinski definition) is 1. The molecule has 9 heteroatoms. The second-order valence-electron chi connectivity index (χ2n) is 8.84. The molecule has 8 nitrogen and oxygen atoms in total. The van der Waals surface area contributed by atoms with Crippen molar-refractivity contribution in [2.45, 2.75) is 51.1 Å². The van der Waals surface area contributed by atoms with Gasteiger partial charge in [0.05, 0.1) is 18.3 Å². The molecule has 3 aliphatic rings. The van der Waals surface area contributed by atoms with E-state index in [1.165, 1.54) is 6.07 Å². The highest BCUT2D eigenvalue weighted by Crippen LogP contribution is 2.43. The van der Waals surface area contributed by atoms with Crippen LogP contribution in [0.5, 0.6) is 0 Å². The third-order valence-electron chi connectivity index (χ3n) is 6.97. The lowest BCUT2D eigenvalue weighted by molar-refractivity contribution is -0.129. The number of nitrogens with two attached hydrogens (primary N) is 1. The van der Waals surface area contributed by atoms with Crippen LogP contribution in [0.1, 0.15) is 55.0 Å². The Bertz CT molecular complexity index is 1060. The van der Waals surface area contributed by atoms with E-state index < -0.39 is 5.82 Å². The van der Waals surface area contributed by atoms with Gasteiger partial charge in [-0.3, -0.25) is 9.48 Å². The van der Waals surface area contributed by atoms with E-state index in [1.807, 2.05) is 9.80 Å². The standard InChI is InChI=1S/C23H28FN5O3/c1-14(31)27-6-3-21-18(12-27)23(26-29(21)16-4-8-32-9-5-16)28-7-2-15(13-30)17-10-20(25)19(24)11-22(17)28/h10-11,13,15-16H,2-9,12,25H2,1H3. The van der Waals surface area contributed by atoms with Crippen molar-refractivity contribution in [3.05, 3.63) is 34.8 Å². The van der Waals surface area contributed by atoms with Crippen LogP contribution in [-0.2, 0) is 27.3 Å². The van der Waals surface area contributed by atoms with E-state index in [-0.39, 0.29) is 23.6 Å². The Morgan fingerprint density at radius 1 is 1.25 bits per heavy atom. The molecule has 1 fully saturated rings. The van der Waals surface area contributed by atoms with E-state index in [0.29, 0.717) is 45.0 Å². The van der Waals surface area contributed by atoms with Crippen molar-refractivity contribution in [3.63, 3.8) is 0 Å². The summed E-state index contributed by atoms with van der Waals surface area (Å²) < 4.78 is 22.2. The lowest BCUT2D eigenvalue weighted by atomic mass is 9.90. The number of fused-ring (bicyclic) bond motifs is 2. The molecule has 1 aromatic heterocycles. The molecule has 0 bridgehead atoms. The molecule has 4 heterocycles. The first-order valence-electron chi connectivity index (χ1n) is 11.2. The Labute approximate surface area is 186 Å². The average molecular weight is 442 g/mol. The van der Waals surface area contributed by atoms with Gasteiger partial charge in [-0.25, -0.2) is 4.39 Å². The van der Waals surface area contributed by atoms with Gasteiger partial charge in [-0.2, -0.15) is 5.10 Å². The van der Waals surface area contributed by atoms with Crippen LogP contribution >= 0.6 is 0 Å². The van der Waals surface area contributed by atoms with Crippen LogP contribution in [0.4, 0.5) is 21.6 Å². The smallest absolute Gasteiger partial charge is 0.219 e. The van der Waals surface area contributed by atoms with Crippen LogP contribution in [0.3, 0.4) is 0 Å². The van der Waals surface area contributed by atoms with Crippen LogP contribution in [0, 0.1) is 5.82 Å². The van der Waals surface area contributed by atoms with Crippen molar-refractivity contribution in [2.75, 3.05) is 36.9 Å². The number of amides is 1. The Kier molecular flexibility index (Phi) is 5.36. The largest absolute Gasteiger partial charge is 0.396 e. The summed E-state index contributed by atoms with van der Waals surface area (Å²) in [6, 6.07) is 3.22. The first-order chi connectivity index (χ1) is 15.5. The molecule has 2 aromatic rings. The molecule has 0 spiro atoms. The van der Waals surface area contributed by atoms with Crippen molar-refractivity contribution in [1.29, 1.82) is 0 Å². The average Bonchev–Trinajstić information content (AvgIpc) is 3.18. The summed E-state index contributed by atoms with van der Waals surface area (Å²) in [5, 5.41) is 5.04. The number of nitrogen functional groups attached to an aromatic ring is 1. The number of anilines is 3. The Morgan fingerprint density at radius 2 is 2.03 bits per heavy atom. The second-order valence-corrected chi connectivity index (χ2v) is 8.84. The van der Waals surface area contributed by atoms with E-state index >= 15 is 0 Å². The fourth-order valence-corrected chi connectivity index (χ4v) is 5.18. The van der Waals surface area contributed by atoms with Gasteiger partial charge in [0.2, 0.25) is 5.91 Å². The van der Waals surface area contributed by atoms with Crippen LogP contribution in [-0.4, -0.2) is 53.2 Å². The summed E-state index contributed by atoms with van der Waals surface area (Å²) in [6.45, 7) is 4.65. The third-order valence-corrected chi connectivity index (χ3v) is 6.97. The monoisotopic (exact) mass is 441 g/mol. The molecular formula is C23H28FN5O3. The molecule has 0 saturated carbocycles. The predicted octanol–water partition coefficient (Wildman–Crippen LogP) is 2.68. The molecule has 2 N–H and O–H groups in total. The highest BCUT2D eigenvalue weighted by Gasteiger charge is 2.35. The van der Waals surface area contributed by atoms with Gasteiger partial charge in [-0.15, -0.1) is 0 Å². The summed E-state index contributed by atoms with van der Waals surface area (Å²) in [5.41, 5.74) is 9.35. The molecule has 0 radical (unpaired) electrons. The van der Waals surface area contributed by atoms with Gasteiger partial charge in [0.25, 0.3) is 0 Å². The van der Waals surface area contributed by atoms with E-state index in [1.54, 1.807) is 13.0 Å². The number of hydrogen-bond acceptors (Lipinski definition) is 6. The number of benzene rings is 1. The lowest BCUT2D eigenvalue weighted by Crippen LogP contribution is -2.36. The minimum atomic E-state index is -0.511. The van der Waals surface area contributed by atoms with Crippen molar-refractivity contribution in [1.82, 2.24) is 14.7 Å². The van der Waals surface area contributed by atoms with Gasteiger partial charge in [0.15, 0.2) is 5.82 Å². The Morgan fingerprint density at radius 3 is 2.75 bits per heavy atom. The van der Waals surface area contributed by atoms with Gasteiger partial charge >= 0.3 is 0 Å². The number of aromatic nitrogens is 2. The van der Waals surface area contributed by atoms with E-state index in [4.69, 9.17) is 15.6 Å². The molecule has 1 atom stereocenters. The summed E-state index contributed by atoms with van der Waals surface area (Å²) in [6.07, 6.45) is 4.00. The van der Waals surface area contributed by atoms with Gasteiger partial charge in [0, 0.05) is 68.6 Å². The Hall–Kier alpha value is -2.94. The fraction of sp³-hybridized carbons (Fsp3) is 0.522. The van der Waals surface area contributed by atoms with Gasteiger partial charge < -0.3 is 25.1 Å². The van der Waals surface area contributed by atoms with Crippen LogP contribution in [0.25, 0.3) is 0 Å². The predicted molar refractivity (Wildman–Crippen MR) is 117 cm³/mol. The molecule has 5 rings (SSSR count). The molecule has 1 amide bonds.